The van der Waals surface area contributed by atoms with Gasteiger partial charge in [0.2, 0.25) is 5.91 Å². The number of furan rings is 1. The minimum absolute atomic E-state index is 0.112. The van der Waals surface area contributed by atoms with Crippen LogP contribution in [0.15, 0.2) is 28.8 Å². The van der Waals surface area contributed by atoms with Crippen LogP contribution in [-0.4, -0.2) is 33.9 Å². The largest absolute Gasteiger partial charge is 0.464 e. The van der Waals surface area contributed by atoms with Crippen LogP contribution in [-0.2, 0) is 16.6 Å². The lowest BCUT2D eigenvalue weighted by Crippen LogP contribution is -2.35. The van der Waals surface area contributed by atoms with E-state index in [1.807, 2.05) is 20.0 Å². The van der Waals surface area contributed by atoms with Crippen LogP contribution < -0.4 is 5.32 Å². The highest BCUT2D eigenvalue weighted by molar-refractivity contribution is 5.79. The van der Waals surface area contributed by atoms with Crippen LogP contribution in [0.3, 0.4) is 0 Å². The summed E-state index contributed by atoms with van der Waals surface area (Å²) < 4.78 is 12.8. The molecule has 2 N–H and O–H groups in total. The first-order chi connectivity index (χ1) is 11.1. The van der Waals surface area contributed by atoms with E-state index in [1.54, 1.807) is 23.0 Å². The molecule has 3 atom stereocenters. The van der Waals surface area contributed by atoms with Crippen molar-refractivity contribution >= 4 is 5.91 Å². The van der Waals surface area contributed by atoms with Gasteiger partial charge in [0.1, 0.15) is 23.7 Å². The van der Waals surface area contributed by atoms with Crippen molar-refractivity contribution in [2.45, 2.75) is 25.6 Å². The van der Waals surface area contributed by atoms with E-state index in [9.17, 15) is 9.90 Å². The fourth-order valence-corrected chi connectivity index (χ4v) is 2.87. The van der Waals surface area contributed by atoms with Crippen molar-refractivity contribution in [3.05, 3.63) is 41.6 Å². The summed E-state index contributed by atoms with van der Waals surface area (Å²) in [6, 6.07) is 5.35. The second-order valence-corrected chi connectivity index (χ2v) is 5.78. The van der Waals surface area contributed by atoms with E-state index >= 15 is 0 Å². The number of nitrogens with one attached hydrogen (secondary N) is 1. The number of carbonyl (C=O) groups is 1. The predicted octanol–water partition coefficient (Wildman–Crippen LogP) is 1.25. The highest BCUT2D eigenvalue weighted by atomic mass is 16.5. The van der Waals surface area contributed by atoms with E-state index in [2.05, 4.69) is 10.4 Å². The molecular formula is C16H21N3O4. The molecule has 1 unspecified atom stereocenters. The molecule has 0 bridgehead atoms. The highest BCUT2D eigenvalue weighted by Crippen LogP contribution is 2.34. The van der Waals surface area contributed by atoms with Crippen molar-refractivity contribution < 1.29 is 19.1 Å². The smallest absolute Gasteiger partial charge is 0.226 e. The molecule has 1 aliphatic rings. The predicted molar refractivity (Wildman–Crippen MR) is 81.4 cm³/mol. The van der Waals surface area contributed by atoms with Gasteiger partial charge in [-0.25, -0.2) is 0 Å². The zero-order valence-electron chi connectivity index (χ0n) is 13.2. The minimum Gasteiger partial charge on any atom is -0.464 e. The van der Waals surface area contributed by atoms with Crippen LogP contribution in [0.1, 0.15) is 35.8 Å². The normalized spacial score (nSPS) is 22.2. The Balaban J connectivity index is 1.60. The maximum Gasteiger partial charge on any atom is 0.226 e. The monoisotopic (exact) mass is 319 g/mol. The summed E-state index contributed by atoms with van der Waals surface area (Å²) >= 11 is 0. The van der Waals surface area contributed by atoms with E-state index in [1.165, 1.54) is 0 Å². The Labute approximate surface area is 134 Å². The summed E-state index contributed by atoms with van der Waals surface area (Å²) in [5, 5.41) is 17.0. The van der Waals surface area contributed by atoms with Crippen LogP contribution in [0.2, 0.25) is 0 Å². The van der Waals surface area contributed by atoms with Crippen LogP contribution in [0, 0.1) is 12.8 Å². The second kappa shape index (κ2) is 6.55. The number of nitrogens with zero attached hydrogens (tertiary/aromatic N) is 2. The third kappa shape index (κ3) is 3.30. The van der Waals surface area contributed by atoms with Crippen molar-refractivity contribution in [3.8, 4) is 0 Å². The van der Waals surface area contributed by atoms with Crippen molar-refractivity contribution in [1.82, 2.24) is 15.1 Å². The summed E-state index contributed by atoms with van der Waals surface area (Å²) in [4.78, 5) is 12.4. The molecule has 0 spiro atoms. The molecule has 2 aromatic heterocycles. The Bertz CT molecular complexity index is 678. The van der Waals surface area contributed by atoms with Gasteiger partial charge in [-0.2, -0.15) is 5.10 Å². The molecule has 7 nitrogen and oxygen atoms in total. The number of ether oxygens (including phenoxy) is 1. The number of hydrogen-bond acceptors (Lipinski definition) is 5. The van der Waals surface area contributed by atoms with Gasteiger partial charge in [0.15, 0.2) is 0 Å². The van der Waals surface area contributed by atoms with Gasteiger partial charge in [0.05, 0.1) is 18.2 Å². The van der Waals surface area contributed by atoms with Crippen molar-refractivity contribution in [2.75, 3.05) is 13.2 Å². The number of aromatic nitrogens is 2. The maximum atomic E-state index is 12.4. The molecule has 0 saturated carbocycles. The molecule has 23 heavy (non-hydrogen) atoms. The average Bonchev–Trinajstić information content (AvgIpc) is 3.24. The number of rotatable bonds is 5. The van der Waals surface area contributed by atoms with Crippen LogP contribution in [0.5, 0.6) is 0 Å². The molecule has 3 rings (SSSR count). The Morgan fingerprint density at radius 3 is 3.00 bits per heavy atom. The van der Waals surface area contributed by atoms with E-state index < -0.39 is 6.10 Å². The quantitative estimate of drug-likeness (QED) is 0.866. The summed E-state index contributed by atoms with van der Waals surface area (Å²) in [5.41, 5.74) is 0.879. The van der Waals surface area contributed by atoms with Gasteiger partial charge in [-0.1, -0.05) is 0 Å². The van der Waals surface area contributed by atoms with Gasteiger partial charge in [0.25, 0.3) is 0 Å². The van der Waals surface area contributed by atoms with E-state index in [0.29, 0.717) is 18.8 Å². The van der Waals surface area contributed by atoms with E-state index in [0.717, 1.165) is 11.5 Å². The summed E-state index contributed by atoms with van der Waals surface area (Å²) in [6.45, 7) is 2.46. The second-order valence-electron chi connectivity index (χ2n) is 5.78. The first-order valence-electron chi connectivity index (χ1n) is 7.68. The first kappa shape index (κ1) is 15.8. The number of aliphatic hydroxyl groups is 1. The Hall–Kier alpha value is -2.12. The fourth-order valence-electron chi connectivity index (χ4n) is 2.87. The van der Waals surface area contributed by atoms with Gasteiger partial charge in [0, 0.05) is 19.9 Å². The molecule has 1 aliphatic heterocycles. The number of aryl methyl sites for hydroxylation is 2. The van der Waals surface area contributed by atoms with E-state index in [4.69, 9.17) is 9.15 Å². The fraction of sp³-hybridized carbons (Fsp3) is 0.500. The third-order valence-electron chi connectivity index (χ3n) is 4.14. The number of hydrogen-bond donors (Lipinski definition) is 2. The van der Waals surface area contributed by atoms with Gasteiger partial charge in [-0.3, -0.25) is 9.48 Å². The van der Waals surface area contributed by atoms with Crippen LogP contribution >= 0.6 is 0 Å². The Morgan fingerprint density at radius 2 is 2.35 bits per heavy atom. The molecule has 2 aromatic rings. The van der Waals surface area contributed by atoms with Gasteiger partial charge < -0.3 is 19.6 Å². The average molecular weight is 319 g/mol. The van der Waals surface area contributed by atoms with Crippen LogP contribution in [0.25, 0.3) is 0 Å². The van der Waals surface area contributed by atoms with Crippen molar-refractivity contribution in [3.63, 3.8) is 0 Å². The molecular weight excluding hydrogens is 298 g/mol. The molecule has 1 amide bonds. The molecule has 0 radical (unpaired) electrons. The molecule has 1 saturated heterocycles. The Morgan fingerprint density at radius 1 is 1.52 bits per heavy atom. The van der Waals surface area contributed by atoms with Crippen molar-refractivity contribution in [2.24, 2.45) is 13.0 Å². The maximum absolute atomic E-state index is 12.4. The highest BCUT2D eigenvalue weighted by Gasteiger charge is 2.36. The molecule has 1 fully saturated rings. The lowest BCUT2D eigenvalue weighted by molar-refractivity contribution is -0.127. The SMILES string of the molecule is Cc1ccc(C(O)CNC(=O)[C@@H]2CCO[C@H]2c2ccnn2C)o1. The topological polar surface area (TPSA) is 89.5 Å². The van der Waals surface area contributed by atoms with Crippen molar-refractivity contribution in [1.29, 1.82) is 0 Å². The zero-order valence-corrected chi connectivity index (χ0v) is 13.2. The van der Waals surface area contributed by atoms with Gasteiger partial charge in [-0.05, 0) is 31.5 Å². The molecule has 124 valence electrons. The number of carbonyl (C=O) groups excluding carboxylic acids is 1. The summed E-state index contributed by atoms with van der Waals surface area (Å²) in [7, 11) is 1.83. The number of aliphatic hydroxyl groups excluding tert-OH is 1. The molecule has 3 heterocycles. The lowest BCUT2D eigenvalue weighted by atomic mass is 9.98. The first-order valence-corrected chi connectivity index (χ1v) is 7.68. The lowest BCUT2D eigenvalue weighted by Gasteiger charge is -2.19. The molecule has 0 aromatic carbocycles. The minimum atomic E-state index is -0.856. The van der Waals surface area contributed by atoms with E-state index in [-0.39, 0.29) is 24.5 Å². The third-order valence-corrected chi connectivity index (χ3v) is 4.14. The summed E-state index contributed by atoms with van der Waals surface area (Å²) in [6.07, 6.45) is 1.18. The summed E-state index contributed by atoms with van der Waals surface area (Å²) in [5.74, 6) is 0.770. The Kier molecular flexibility index (Phi) is 4.49. The zero-order chi connectivity index (χ0) is 16.4. The van der Waals surface area contributed by atoms with Gasteiger partial charge in [-0.15, -0.1) is 0 Å². The van der Waals surface area contributed by atoms with Gasteiger partial charge >= 0.3 is 0 Å². The molecule has 0 aliphatic carbocycles. The number of amides is 1. The molecule has 7 heteroatoms. The van der Waals surface area contributed by atoms with Crippen LogP contribution in [0.4, 0.5) is 0 Å². The standard InChI is InChI=1S/C16H21N3O4/c1-10-3-4-14(23-10)13(20)9-17-16(21)11-6-8-22-15(11)12-5-7-18-19(12)2/h3-5,7,11,13,15,20H,6,8-9H2,1-2H3,(H,17,21)/t11-,13?,15-/m1/s1.